The van der Waals surface area contributed by atoms with Crippen molar-refractivity contribution in [2.45, 2.75) is 32.2 Å². The first-order chi connectivity index (χ1) is 11.9. The first-order valence-electron chi connectivity index (χ1n) is 8.35. The van der Waals surface area contributed by atoms with E-state index in [1.807, 2.05) is 38.3 Å². The van der Waals surface area contributed by atoms with Crippen LogP contribution in [0.15, 0.2) is 46.7 Å². The summed E-state index contributed by atoms with van der Waals surface area (Å²) in [6.45, 7) is 7.55. The first kappa shape index (κ1) is 19.6. The van der Waals surface area contributed by atoms with Gasteiger partial charge < -0.3 is 4.90 Å². The highest BCUT2D eigenvalue weighted by molar-refractivity contribution is 7.89. The summed E-state index contributed by atoms with van der Waals surface area (Å²) in [6.07, 6.45) is 0. The average molecular weight is 381 g/mol. The highest BCUT2D eigenvalue weighted by Gasteiger charge is 2.22. The van der Waals surface area contributed by atoms with Crippen molar-refractivity contribution in [3.05, 3.63) is 52.2 Å². The molecule has 0 atom stereocenters. The van der Waals surface area contributed by atoms with E-state index in [2.05, 4.69) is 0 Å². The zero-order valence-corrected chi connectivity index (χ0v) is 16.4. The van der Waals surface area contributed by atoms with Crippen molar-refractivity contribution in [2.24, 2.45) is 0 Å². The molecule has 1 aromatic carbocycles. The second kappa shape index (κ2) is 8.60. The molecule has 1 amide bonds. The Kier molecular flexibility index (Phi) is 6.75. The topological polar surface area (TPSA) is 57.7 Å². The summed E-state index contributed by atoms with van der Waals surface area (Å²) in [5, 5.41) is 1.99. The van der Waals surface area contributed by atoms with Gasteiger partial charge in [-0.1, -0.05) is 19.9 Å². The van der Waals surface area contributed by atoms with Crippen LogP contribution in [0, 0.1) is 0 Å². The van der Waals surface area contributed by atoms with Gasteiger partial charge in [-0.2, -0.15) is 4.31 Å². The molecule has 5 nitrogen and oxygen atoms in total. The van der Waals surface area contributed by atoms with E-state index >= 15 is 0 Å². The van der Waals surface area contributed by atoms with Gasteiger partial charge in [0, 0.05) is 30.1 Å². The third-order valence-corrected chi connectivity index (χ3v) is 6.97. The normalized spacial score (nSPS) is 11.7. The van der Waals surface area contributed by atoms with Crippen molar-refractivity contribution in [1.82, 2.24) is 9.21 Å². The molecule has 1 heterocycles. The third-order valence-electron chi connectivity index (χ3n) is 4.04. The number of carbonyl (C=O) groups is 1. The maximum Gasteiger partial charge on any atom is 0.254 e. The fourth-order valence-electron chi connectivity index (χ4n) is 2.58. The molecule has 0 radical (unpaired) electrons. The standard InChI is InChI=1S/C18H24N2O3S2/c1-4-19(14-16-8-7-13-24-16)18(21)15-9-11-17(12-10-15)25(22,23)20(5-2)6-3/h7-13H,4-6,14H2,1-3H3. The molecular weight excluding hydrogens is 356 g/mol. The largest absolute Gasteiger partial charge is 0.334 e. The van der Waals surface area contributed by atoms with Crippen LogP contribution < -0.4 is 0 Å². The van der Waals surface area contributed by atoms with Crippen molar-refractivity contribution in [3.8, 4) is 0 Å². The smallest absolute Gasteiger partial charge is 0.254 e. The molecule has 136 valence electrons. The minimum absolute atomic E-state index is 0.0947. The molecule has 0 aliphatic heterocycles. The second-order valence-electron chi connectivity index (χ2n) is 5.51. The van der Waals surface area contributed by atoms with E-state index in [1.54, 1.807) is 28.4 Å². The van der Waals surface area contributed by atoms with Crippen LogP contribution in [-0.2, 0) is 16.6 Å². The molecule has 7 heteroatoms. The highest BCUT2D eigenvalue weighted by Crippen LogP contribution is 2.18. The van der Waals surface area contributed by atoms with Gasteiger partial charge in [0.05, 0.1) is 11.4 Å². The molecule has 0 N–H and O–H groups in total. The summed E-state index contributed by atoms with van der Waals surface area (Å²) in [5.41, 5.74) is 0.497. The maximum atomic E-state index is 12.7. The van der Waals surface area contributed by atoms with Crippen LogP contribution >= 0.6 is 11.3 Å². The number of amides is 1. The fraction of sp³-hybridized carbons (Fsp3) is 0.389. The molecule has 2 rings (SSSR count). The monoisotopic (exact) mass is 380 g/mol. The van der Waals surface area contributed by atoms with Crippen LogP contribution in [0.5, 0.6) is 0 Å². The first-order valence-corrected chi connectivity index (χ1v) is 10.7. The lowest BCUT2D eigenvalue weighted by Gasteiger charge is -2.21. The predicted octanol–water partition coefficient (Wildman–Crippen LogP) is 3.44. The number of benzene rings is 1. The molecule has 2 aromatic rings. The van der Waals surface area contributed by atoms with E-state index in [9.17, 15) is 13.2 Å². The van der Waals surface area contributed by atoms with Gasteiger partial charge in [0.25, 0.3) is 5.91 Å². The van der Waals surface area contributed by atoms with Crippen LogP contribution in [0.25, 0.3) is 0 Å². The SMILES string of the molecule is CCN(Cc1cccs1)C(=O)c1ccc(S(=O)(=O)N(CC)CC)cc1. The van der Waals surface area contributed by atoms with Crippen molar-refractivity contribution >= 4 is 27.3 Å². The number of nitrogens with zero attached hydrogens (tertiary/aromatic N) is 2. The van der Waals surface area contributed by atoms with Crippen LogP contribution in [0.2, 0.25) is 0 Å². The number of sulfonamides is 1. The van der Waals surface area contributed by atoms with Crippen LogP contribution in [0.4, 0.5) is 0 Å². The Bertz CT molecular complexity index is 780. The molecule has 0 bridgehead atoms. The highest BCUT2D eigenvalue weighted by atomic mass is 32.2. The molecule has 0 saturated carbocycles. The number of hydrogen-bond donors (Lipinski definition) is 0. The molecule has 0 fully saturated rings. The van der Waals surface area contributed by atoms with E-state index in [0.29, 0.717) is 31.7 Å². The second-order valence-corrected chi connectivity index (χ2v) is 8.48. The van der Waals surface area contributed by atoms with E-state index in [4.69, 9.17) is 0 Å². The predicted molar refractivity (Wildman–Crippen MR) is 101 cm³/mol. The summed E-state index contributed by atoms with van der Waals surface area (Å²) >= 11 is 1.61. The van der Waals surface area contributed by atoms with Gasteiger partial charge in [0.1, 0.15) is 0 Å². The average Bonchev–Trinajstić information content (AvgIpc) is 3.13. The van der Waals surface area contributed by atoms with Gasteiger partial charge in [0.2, 0.25) is 10.0 Å². The molecule has 1 aromatic heterocycles. The van der Waals surface area contributed by atoms with Gasteiger partial charge >= 0.3 is 0 Å². The summed E-state index contributed by atoms with van der Waals surface area (Å²) in [6, 6.07) is 10.2. The van der Waals surface area contributed by atoms with Gasteiger partial charge in [-0.05, 0) is 42.6 Å². The Morgan fingerprint density at radius 3 is 2.12 bits per heavy atom. The van der Waals surface area contributed by atoms with Gasteiger partial charge in [-0.15, -0.1) is 11.3 Å². The summed E-state index contributed by atoms with van der Waals surface area (Å²) < 4.78 is 26.4. The lowest BCUT2D eigenvalue weighted by molar-refractivity contribution is 0.0754. The van der Waals surface area contributed by atoms with Crippen molar-refractivity contribution in [2.75, 3.05) is 19.6 Å². The third kappa shape index (κ3) is 4.48. The van der Waals surface area contributed by atoms with E-state index < -0.39 is 10.0 Å². The lowest BCUT2D eigenvalue weighted by atomic mass is 10.2. The number of rotatable bonds is 8. The molecule has 0 spiro atoms. The van der Waals surface area contributed by atoms with E-state index in [-0.39, 0.29) is 10.8 Å². The summed E-state index contributed by atoms with van der Waals surface area (Å²) in [4.78, 5) is 15.8. The fourth-order valence-corrected chi connectivity index (χ4v) is 4.76. The minimum atomic E-state index is -3.50. The van der Waals surface area contributed by atoms with Gasteiger partial charge in [-0.3, -0.25) is 4.79 Å². The summed E-state index contributed by atoms with van der Waals surface area (Å²) in [7, 11) is -3.50. The molecule has 25 heavy (non-hydrogen) atoms. The van der Waals surface area contributed by atoms with Crippen molar-refractivity contribution in [1.29, 1.82) is 0 Å². The van der Waals surface area contributed by atoms with Gasteiger partial charge in [0.15, 0.2) is 0 Å². The Morgan fingerprint density at radius 1 is 1.00 bits per heavy atom. The van der Waals surface area contributed by atoms with Gasteiger partial charge in [-0.25, -0.2) is 8.42 Å². The van der Waals surface area contributed by atoms with E-state index in [0.717, 1.165) is 4.88 Å². The number of thiophene rings is 1. The Hall–Kier alpha value is -1.70. The van der Waals surface area contributed by atoms with E-state index in [1.165, 1.54) is 16.4 Å². The lowest BCUT2D eigenvalue weighted by Crippen LogP contribution is -2.31. The number of carbonyl (C=O) groups excluding carboxylic acids is 1. The maximum absolute atomic E-state index is 12.7. The molecule has 0 aliphatic carbocycles. The summed E-state index contributed by atoms with van der Waals surface area (Å²) in [5.74, 6) is -0.0947. The quantitative estimate of drug-likeness (QED) is 0.705. The van der Waals surface area contributed by atoms with Crippen molar-refractivity contribution < 1.29 is 13.2 Å². The molecule has 0 unspecified atom stereocenters. The number of hydrogen-bond acceptors (Lipinski definition) is 4. The zero-order chi connectivity index (χ0) is 18.4. The molecule has 0 aliphatic rings. The molecule has 0 saturated heterocycles. The Morgan fingerprint density at radius 2 is 1.64 bits per heavy atom. The van der Waals surface area contributed by atoms with Crippen LogP contribution in [0.1, 0.15) is 36.0 Å². The minimum Gasteiger partial charge on any atom is -0.334 e. The van der Waals surface area contributed by atoms with Crippen LogP contribution in [-0.4, -0.2) is 43.2 Å². The Balaban J connectivity index is 2.19. The Labute approximate surface area is 153 Å². The van der Waals surface area contributed by atoms with Crippen molar-refractivity contribution in [3.63, 3.8) is 0 Å². The molecular formula is C18H24N2O3S2. The zero-order valence-electron chi connectivity index (χ0n) is 14.8. The van der Waals surface area contributed by atoms with Crippen LogP contribution in [0.3, 0.4) is 0 Å².